The van der Waals surface area contributed by atoms with Crippen molar-refractivity contribution in [3.63, 3.8) is 0 Å². The van der Waals surface area contributed by atoms with Crippen LogP contribution in [0, 0.1) is 12.8 Å². The fourth-order valence-electron chi connectivity index (χ4n) is 3.55. The summed E-state index contributed by atoms with van der Waals surface area (Å²) in [5.41, 5.74) is 0.749. The second-order valence-electron chi connectivity index (χ2n) is 6.68. The molecule has 2 unspecified atom stereocenters. The van der Waals surface area contributed by atoms with Crippen LogP contribution >= 0.6 is 11.3 Å². The first-order valence-electron chi connectivity index (χ1n) is 8.97. The third-order valence-electron chi connectivity index (χ3n) is 4.89. The van der Waals surface area contributed by atoms with Crippen molar-refractivity contribution < 1.29 is 9.21 Å². The Balaban J connectivity index is 1.59. The summed E-state index contributed by atoms with van der Waals surface area (Å²) >= 11 is 1.59. The van der Waals surface area contributed by atoms with Crippen molar-refractivity contribution in [2.45, 2.75) is 64.8 Å². The van der Waals surface area contributed by atoms with Crippen molar-refractivity contribution in [2.75, 3.05) is 0 Å². The topological polar surface area (TPSA) is 55.1 Å². The average molecular weight is 346 g/mol. The molecule has 4 nitrogen and oxygen atoms in total. The number of nitrogens with one attached hydrogen (secondary N) is 1. The minimum Gasteiger partial charge on any atom is -0.440 e. The average Bonchev–Trinajstić information content (AvgIpc) is 3.28. The Bertz CT molecular complexity index is 663. The van der Waals surface area contributed by atoms with E-state index < -0.39 is 0 Å². The zero-order chi connectivity index (χ0) is 16.9. The number of amides is 1. The highest BCUT2D eigenvalue weighted by Crippen LogP contribution is 2.30. The van der Waals surface area contributed by atoms with E-state index in [1.807, 2.05) is 24.4 Å². The van der Waals surface area contributed by atoms with E-state index in [2.05, 4.69) is 17.2 Å². The molecule has 2 aromatic heterocycles. The van der Waals surface area contributed by atoms with Crippen LogP contribution in [0.5, 0.6) is 0 Å². The molecule has 2 heterocycles. The van der Waals surface area contributed by atoms with Gasteiger partial charge in [0.05, 0.1) is 17.0 Å². The number of aryl methyl sites for hydroxylation is 1. The molecule has 1 aliphatic carbocycles. The van der Waals surface area contributed by atoms with Crippen LogP contribution in [0.1, 0.15) is 56.9 Å². The molecular weight excluding hydrogens is 320 g/mol. The summed E-state index contributed by atoms with van der Waals surface area (Å²) in [5, 5.41) is 5.24. The summed E-state index contributed by atoms with van der Waals surface area (Å²) in [6, 6.07) is 4.30. The lowest BCUT2D eigenvalue weighted by molar-refractivity contribution is -0.121. The molecule has 0 aliphatic heterocycles. The SMILES string of the molecule is CCCCC1CCCC1NC(=O)Cc1nc(-c2cccs2)oc1C. The monoisotopic (exact) mass is 346 g/mol. The van der Waals surface area contributed by atoms with E-state index in [-0.39, 0.29) is 5.91 Å². The minimum absolute atomic E-state index is 0.0672. The maximum absolute atomic E-state index is 12.4. The van der Waals surface area contributed by atoms with Crippen LogP contribution in [-0.4, -0.2) is 16.9 Å². The van der Waals surface area contributed by atoms with Crippen molar-refractivity contribution in [1.82, 2.24) is 10.3 Å². The predicted molar refractivity (Wildman–Crippen MR) is 97.1 cm³/mol. The number of nitrogens with zero attached hydrogens (tertiary/aromatic N) is 1. The first-order chi connectivity index (χ1) is 11.7. The van der Waals surface area contributed by atoms with Crippen LogP contribution in [0.4, 0.5) is 0 Å². The smallest absolute Gasteiger partial charge is 0.236 e. The van der Waals surface area contributed by atoms with Crippen LogP contribution in [-0.2, 0) is 11.2 Å². The number of rotatable bonds is 7. The van der Waals surface area contributed by atoms with E-state index in [1.54, 1.807) is 11.3 Å². The molecule has 3 rings (SSSR count). The van der Waals surface area contributed by atoms with Gasteiger partial charge in [0.25, 0.3) is 0 Å². The lowest BCUT2D eigenvalue weighted by atomic mass is 9.96. The van der Waals surface area contributed by atoms with Gasteiger partial charge in [-0.3, -0.25) is 4.79 Å². The number of oxazole rings is 1. The second-order valence-corrected chi connectivity index (χ2v) is 7.63. The van der Waals surface area contributed by atoms with Crippen LogP contribution in [0.25, 0.3) is 10.8 Å². The van der Waals surface area contributed by atoms with Gasteiger partial charge in [-0.15, -0.1) is 11.3 Å². The standard InChI is InChI=1S/C19H26N2O2S/c1-3-4-7-14-8-5-9-15(14)20-18(22)12-16-13(2)23-19(21-16)17-10-6-11-24-17/h6,10-11,14-15H,3-5,7-9,12H2,1-2H3,(H,20,22). The Morgan fingerprint density at radius 3 is 3.08 bits per heavy atom. The molecule has 2 atom stereocenters. The molecule has 130 valence electrons. The molecule has 0 aromatic carbocycles. The second kappa shape index (κ2) is 7.97. The van der Waals surface area contributed by atoms with E-state index in [0.29, 0.717) is 24.3 Å². The van der Waals surface area contributed by atoms with Gasteiger partial charge in [0.1, 0.15) is 5.76 Å². The Morgan fingerprint density at radius 2 is 2.33 bits per heavy atom. The molecule has 0 bridgehead atoms. The van der Waals surface area contributed by atoms with E-state index in [4.69, 9.17) is 4.42 Å². The van der Waals surface area contributed by atoms with Gasteiger partial charge in [-0.2, -0.15) is 0 Å². The highest BCUT2D eigenvalue weighted by atomic mass is 32.1. The zero-order valence-corrected chi connectivity index (χ0v) is 15.3. The van der Waals surface area contributed by atoms with Gasteiger partial charge in [0.15, 0.2) is 0 Å². The summed E-state index contributed by atoms with van der Waals surface area (Å²) in [7, 11) is 0. The molecule has 2 aromatic rings. The minimum atomic E-state index is 0.0672. The predicted octanol–water partition coefficient (Wildman–Crippen LogP) is 4.73. The number of hydrogen-bond donors (Lipinski definition) is 1. The zero-order valence-electron chi connectivity index (χ0n) is 14.5. The maximum atomic E-state index is 12.4. The number of carbonyl (C=O) groups is 1. The largest absolute Gasteiger partial charge is 0.440 e. The van der Waals surface area contributed by atoms with Gasteiger partial charge >= 0.3 is 0 Å². The molecule has 5 heteroatoms. The quantitative estimate of drug-likeness (QED) is 0.788. The first-order valence-corrected chi connectivity index (χ1v) is 9.85. The number of carbonyl (C=O) groups excluding carboxylic acids is 1. The Morgan fingerprint density at radius 1 is 1.46 bits per heavy atom. The van der Waals surface area contributed by atoms with Crippen LogP contribution in [0.3, 0.4) is 0 Å². The third kappa shape index (κ3) is 4.07. The van der Waals surface area contributed by atoms with Crippen LogP contribution in [0.2, 0.25) is 0 Å². The van der Waals surface area contributed by atoms with E-state index in [9.17, 15) is 4.79 Å². The van der Waals surface area contributed by atoms with E-state index in [0.717, 1.165) is 22.8 Å². The van der Waals surface area contributed by atoms with E-state index >= 15 is 0 Å². The highest BCUT2D eigenvalue weighted by molar-refractivity contribution is 7.13. The number of aromatic nitrogens is 1. The molecule has 1 aliphatic rings. The molecular formula is C19H26N2O2S. The summed E-state index contributed by atoms with van der Waals surface area (Å²) < 4.78 is 5.72. The molecule has 24 heavy (non-hydrogen) atoms. The van der Waals surface area contributed by atoms with Crippen LogP contribution in [0.15, 0.2) is 21.9 Å². The Kier molecular flexibility index (Phi) is 5.72. The summed E-state index contributed by atoms with van der Waals surface area (Å²) in [4.78, 5) is 18.0. The van der Waals surface area contributed by atoms with Crippen molar-refractivity contribution in [3.8, 4) is 10.8 Å². The third-order valence-corrected chi connectivity index (χ3v) is 5.74. The normalized spacial score (nSPS) is 20.4. The number of unbranched alkanes of at least 4 members (excludes halogenated alkanes) is 1. The van der Waals surface area contributed by atoms with Gasteiger partial charge in [0.2, 0.25) is 11.8 Å². The molecule has 1 fully saturated rings. The van der Waals surface area contributed by atoms with Gasteiger partial charge in [-0.05, 0) is 43.6 Å². The van der Waals surface area contributed by atoms with Crippen LogP contribution < -0.4 is 5.32 Å². The summed E-state index contributed by atoms with van der Waals surface area (Å²) in [6.45, 7) is 4.10. The Hall–Kier alpha value is -1.62. The number of hydrogen-bond acceptors (Lipinski definition) is 4. The number of thiophene rings is 1. The van der Waals surface area contributed by atoms with Crippen molar-refractivity contribution in [3.05, 3.63) is 29.0 Å². The lowest BCUT2D eigenvalue weighted by Crippen LogP contribution is -2.38. The van der Waals surface area contributed by atoms with E-state index in [1.165, 1.54) is 32.1 Å². The fourth-order valence-corrected chi connectivity index (χ4v) is 4.20. The fraction of sp³-hybridized carbons (Fsp3) is 0.579. The van der Waals surface area contributed by atoms with Gasteiger partial charge in [0, 0.05) is 6.04 Å². The molecule has 0 spiro atoms. The maximum Gasteiger partial charge on any atom is 0.236 e. The highest BCUT2D eigenvalue weighted by Gasteiger charge is 2.28. The molecule has 1 saturated carbocycles. The lowest BCUT2D eigenvalue weighted by Gasteiger charge is -2.20. The molecule has 1 amide bonds. The van der Waals surface area contributed by atoms with Gasteiger partial charge in [-0.1, -0.05) is 32.3 Å². The van der Waals surface area contributed by atoms with Crippen molar-refractivity contribution in [2.24, 2.45) is 5.92 Å². The summed E-state index contributed by atoms with van der Waals surface area (Å²) in [6.07, 6.45) is 7.59. The Labute approximate surface area is 147 Å². The first kappa shape index (κ1) is 17.2. The molecule has 1 N–H and O–H groups in total. The van der Waals surface area contributed by atoms with Gasteiger partial charge in [-0.25, -0.2) is 4.98 Å². The van der Waals surface area contributed by atoms with Crippen molar-refractivity contribution >= 4 is 17.2 Å². The van der Waals surface area contributed by atoms with Gasteiger partial charge < -0.3 is 9.73 Å². The summed E-state index contributed by atoms with van der Waals surface area (Å²) in [5.74, 6) is 2.07. The molecule has 0 radical (unpaired) electrons. The molecule has 0 saturated heterocycles. The van der Waals surface area contributed by atoms with Crippen molar-refractivity contribution in [1.29, 1.82) is 0 Å².